The molecule has 0 bridgehead atoms. The van der Waals surface area contributed by atoms with E-state index >= 15 is 0 Å². The van der Waals surface area contributed by atoms with E-state index in [9.17, 15) is 0 Å². The first kappa shape index (κ1) is 13.8. The van der Waals surface area contributed by atoms with Gasteiger partial charge >= 0.3 is 0 Å². The van der Waals surface area contributed by atoms with Crippen LogP contribution in [0.5, 0.6) is 0 Å². The highest BCUT2D eigenvalue weighted by atomic mass is 35.5. The van der Waals surface area contributed by atoms with Gasteiger partial charge in [0.2, 0.25) is 0 Å². The molecule has 20 heavy (non-hydrogen) atoms. The van der Waals surface area contributed by atoms with Gasteiger partial charge in [-0.1, -0.05) is 31.5 Å². The second-order valence-corrected chi connectivity index (χ2v) is 7.26. The summed E-state index contributed by atoms with van der Waals surface area (Å²) < 4.78 is 0. The van der Waals surface area contributed by atoms with Gasteiger partial charge in [0, 0.05) is 28.8 Å². The number of thiophene rings is 1. The molecule has 0 aliphatic heterocycles. The molecular weight excluding hydrogens is 290 g/mol. The van der Waals surface area contributed by atoms with Gasteiger partial charge in [0.15, 0.2) is 0 Å². The number of rotatable bonds is 5. The zero-order chi connectivity index (χ0) is 14.2. The summed E-state index contributed by atoms with van der Waals surface area (Å²) in [6.07, 6.45) is 2.36. The number of anilines is 1. The van der Waals surface area contributed by atoms with E-state index in [2.05, 4.69) is 46.6 Å². The average Bonchev–Trinajstić information content (AvgIpc) is 3.10. The van der Waals surface area contributed by atoms with E-state index in [4.69, 9.17) is 11.6 Å². The average molecular weight is 308 g/mol. The maximum atomic E-state index is 6.08. The van der Waals surface area contributed by atoms with Crippen LogP contribution in [0.1, 0.15) is 43.3 Å². The van der Waals surface area contributed by atoms with Crippen LogP contribution in [0, 0.1) is 0 Å². The molecule has 1 saturated carbocycles. The van der Waals surface area contributed by atoms with E-state index in [0.717, 1.165) is 18.2 Å². The summed E-state index contributed by atoms with van der Waals surface area (Å²) in [5, 5.41) is 6.05. The lowest BCUT2D eigenvalue weighted by molar-refractivity contribution is 0.568. The molecule has 0 aromatic carbocycles. The van der Waals surface area contributed by atoms with Crippen LogP contribution in [0.3, 0.4) is 0 Å². The molecule has 0 atom stereocenters. The minimum atomic E-state index is 0.0747. The zero-order valence-electron chi connectivity index (χ0n) is 11.7. The summed E-state index contributed by atoms with van der Waals surface area (Å²) in [6, 6.07) is 6.07. The third-order valence-electron chi connectivity index (χ3n) is 3.55. The molecule has 2 aromatic heterocycles. The number of halogens is 1. The van der Waals surface area contributed by atoms with Crippen LogP contribution < -0.4 is 5.32 Å². The van der Waals surface area contributed by atoms with Crippen LogP contribution in [0.15, 0.2) is 23.6 Å². The Labute approximate surface area is 128 Å². The van der Waals surface area contributed by atoms with Crippen molar-refractivity contribution >= 4 is 28.8 Å². The fourth-order valence-corrected chi connectivity index (χ4v) is 3.15. The minimum absolute atomic E-state index is 0.0747. The molecule has 3 nitrogen and oxygen atoms in total. The minimum Gasteiger partial charge on any atom is -0.369 e. The quantitative estimate of drug-likeness (QED) is 0.829. The molecule has 1 aliphatic rings. The maximum absolute atomic E-state index is 6.08. The lowest BCUT2D eigenvalue weighted by Gasteiger charge is -2.24. The summed E-state index contributed by atoms with van der Waals surface area (Å²) >= 11 is 7.87. The molecule has 2 aromatic rings. The molecule has 106 valence electrons. The third-order valence-corrected chi connectivity index (χ3v) is 4.98. The van der Waals surface area contributed by atoms with Crippen LogP contribution in [0.4, 0.5) is 5.82 Å². The Morgan fingerprint density at radius 2 is 2.20 bits per heavy atom. The molecule has 3 rings (SSSR count). The van der Waals surface area contributed by atoms with Crippen molar-refractivity contribution in [2.45, 2.75) is 38.0 Å². The van der Waals surface area contributed by atoms with E-state index in [1.165, 1.54) is 17.7 Å². The molecule has 1 fully saturated rings. The molecule has 0 saturated heterocycles. The lowest BCUT2D eigenvalue weighted by Crippen LogP contribution is -2.27. The van der Waals surface area contributed by atoms with Crippen molar-refractivity contribution in [3.63, 3.8) is 0 Å². The zero-order valence-corrected chi connectivity index (χ0v) is 13.3. The van der Waals surface area contributed by atoms with Gasteiger partial charge in [-0.25, -0.2) is 9.97 Å². The van der Waals surface area contributed by atoms with Crippen molar-refractivity contribution in [3.05, 3.63) is 39.4 Å². The Balaban J connectivity index is 1.72. The smallest absolute Gasteiger partial charge is 0.135 e. The summed E-state index contributed by atoms with van der Waals surface area (Å²) in [4.78, 5) is 10.3. The Morgan fingerprint density at radius 1 is 1.40 bits per heavy atom. The van der Waals surface area contributed by atoms with Crippen LogP contribution in [-0.2, 0) is 5.41 Å². The third kappa shape index (κ3) is 3.13. The molecule has 5 heteroatoms. The fourth-order valence-electron chi connectivity index (χ4n) is 2.11. The molecule has 0 spiro atoms. The van der Waals surface area contributed by atoms with Gasteiger partial charge in [0.25, 0.3) is 0 Å². The fraction of sp³-hybridized carbons (Fsp3) is 0.467. The van der Waals surface area contributed by atoms with Gasteiger partial charge in [-0.3, -0.25) is 0 Å². The standard InChI is InChI=1S/C15H18ClN3S/c1-15(2,11-4-3-7-20-11)9-17-13-8-12(16)18-14(19-13)10-5-6-10/h3-4,7-8,10H,5-6,9H2,1-2H3,(H,17,18,19). The second kappa shape index (κ2) is 5.34. The van der Waals surface area contributed by atoms with Crippen molar-refractivity contribution in [2.75, 3.05) is 11.9 Å². The van der Waals surface area contributed by atoms with Crippen molar-refractivity contribution in [2.24, 2.45) is 0 Å². The summed E-state index contributed by atoms with van der Waals surface area (Å²) in [7, 11) is 0. The van der Waals surface area contributed by atoms with Crippen molar-refractivity contribution < 1.29 is 0 Å². The van der Waals surface area contributed by atoms with E-state index < -0.39 is 0 Å². The van der Waals surface area contributed by atoms with Gasteiger partial charge < -0.3 is 5.32 Å². The number of nitrogens with zero attached hydrogens (tertiary/aromatic N) is 2. The number of hydrogen-bond donors (Lipinski definition) is 1. The number of hydrogen-bond acceptors (Lipinski definition) is 4. The van der Waals surface area contributed by atoms with Crippen molar-refractivity contribution in [1.29, 1.82) is 0 Å². The lowest BCUT2D eigenvalue weighted by atomic mass is 9.91. The first-order chi connectivity index (χ1) is 9.54. The van der Waals surface area contributed by atoms with Crippen LogP contribution in [0.2, 0.25) is 5.15 Å². The van der Waals surface area contributed by atoms with Crippen LogP contribution in [0.25, 0.3) is 0 Å². The van der Waals surface area contributed by atoms with E-state index in [-0.39, 0.29) is 5.41 Å². The Bertz CT molecular complexity index is 591. The molecule has 0 radical (unpaired) electrons. The molecule has 1 N–H and O–H groups in total. The monoisotopic (exact) mass is 307 g/mol. The van der Waals surface area contributed by atoms with Gasteiger partial charge in [-0.2, -0.15) is 0 Å². The highest BCUT2D eigenvalue weighted by Crippen LogP contribution is 2.38. The Kier molecular flexibility index (Phi) is 3.69. The molecule has 0 unspecified atom stereocenters. The van der Waals surface area contributed by atoms with Crippen molar-refractivity contribution in [1.82, 2.24) is 9.97 Å². The molecule has 2 heterocycles. The van der Waals surface area contributed by atoms with Crippen LogP contribution >= 0.6 is 22.9 Å². The maximum Gasteiger partial charge on any atom is 0.135 e. The Hall–Kier alpha value is -1.13. The molecular formula is C15H18ClN3S. The molecule has 0 amide bonds. The highest BCUT2D eigenvalue weighted by molar-refractivity contribution is 7.10. The van der Waals surface area contributed by atoms with E-state index in [1.54, 1.807) is 17.4 Å². The van der Waals surface area contributed by atoms with Gasteiger partial charge in [-0.15, -0.1) is 11.3 Å². The first-order valence-electron chi connectivity index (χ1n) is 6.87. The van der Waals surface area contributed by atoms with Crippen molar-refractivity contribution in [3.8, 4) is 0 Å². The summed E-state index contributed by atoms with van der Waals surface area (Å²) in [6.45, 7) is 5.29. The largest absolute Gasteiger partial charge is 0.369 e. The predicted octanol–water partition coefficient (Wildman–Crippen LogP) is 4.46. The number of nitrogens with one attached hydrogen (secondary N) is 1. The highest BCUT2D eigenvalue weighted by Gasteiger charge is 2.27. The Morgan fingerprint density at radius 3 is 2.85 bits per heavy atom. The second-order valence-electron chi connectivity index (χ2n) is 5.92. The SMILES string of the molecule is CC(C)(CNc1cc(Cl)nc(C2CC2)n1)c1cccs1. The van der Waals surface area contributed by atoms with E-state index in [0.29, 0.717) is 11.1 Å². The van der Waals surface area contributed by atoms with Gasteiger partial charge in [0.1, 0.15) is 16.8 Å². The topological polar surface area (TPSA) is 37.8 Å². The summed E-state index contributed by atoms with van der Waals surface area (Å²) in [5.41, 5.74) is 0.0747. The predicted molar refractivity (Wildman–Crippen MR) is 84.9 cm³/mol. The van der Waals surface area contributed by atoms with E-state index in [1.807, 2.05) is 0 Å². The molecule has 1 aliphatic carbocycles. The summed E-state index contributed by atoms with van der Waals surface area (Å²) in [5.74, 6) is 2.23. The van der Waals surface area contributed by atoms with Crippen LogP contribution in [-0.4, -0.2) is 16.5 Å². The first-order valence-corrected chi connectivity index (χ1v) is 8.13. The number of aromatic nitrogens is 2. The normalized spacial score (nSPS) is 15.3. The van der Waals surface area contributed by atoms with Gasteiger partial charge in [-0.05, 0) is 24.3 Å². The van der Waals surface area contributed by atoms with Gasteiger partial charge in [0.05, 0.1) is 0 Å².